The summed E-state index contributed by atoms with van der Waals surface area (Å²) in [5.74, 6) is -2.97. The van der Waals surface area contributed by atoms with Crippen LogP contribution < -0.4 is 5.32 Å². The molecule has 0 aromatic heterocycles. The van der Waals surface area contributed by atoms with Gasteiger partial charge < -0.3 is 10.1 Å². The Labute approximate surface area is 138 Å². The molecule has 0 heterocycles. The number of hydrogen-bond donors (Lipinski definition) is 1. The van der Waals surface area contributed by atoms with Crippen molar-refractivity contribution in [2.75, 3.05) is 5.88 Å². The highest BCUT2D eigenvalue weighted by Gasteiger charge is 2.25. The van der Waals surface area contributed by atoms with E-state index in [0.29, 0.717) is 6.07 Å². The third-order valence-corrected chi connectivity index (χ3v) is 4.01. The summed E-state index contributed by atoms with van der Waals surface area (Å²) in [5.41, 5.74) is 0.0215. The lowest BCUT2D eigenvalue weighted by atomic mass is 10.0. The number of alkyl halides is 1. The Balaban J connectivity index is 2.09. The van der Waals surface area contributed by atoms with E-state index < -0.39 is 29.6 Å². The minimum atomic E-state index is -0.948. The number of esters is 1. The molecule has 1 fully saturated rings. The predicted octanol–water partition coefficient (Wildman–Crippen LogP) is 3.24. The van der Waals surface area contributed by atoms with E-state index in [2.05, 4.69) is 5.32 Å². The Morgan fingerprint density at radius 3 is 2.61 bits per heavy atom. The number of hydrogen-bond acceptors (Lipinski definition) is 3. The summed E-state index contributed by atoms with van der Waals surface area (Å²) in [6.45, 7) is 0. The quantitative estimate of drug-likeness (QED) is 0.636. The molecule has 2 rings (SSSR count). The summed E-state index contributed by atoms with van der Waals surface area (Å²) in [6, 6.07) is 2.03. The average molecular weight is 346 g/mol. The Morgan fingerprint density at radius 1 is 1.30 bits per heavy atom. The maximum absolute atomic E-state index is 13.9. The van der Waals surface area contributed by atoms with Crippen LogP contribution in [0.5, 0.6) is 0 Å². The first-order valence-electron chi connectivity index (χ1n) is 7.49. The van der Waals surface area contributed by atoms with Gasteiger partial charge in [-0.1, -0.05) is 6.07 Å². The second-order valence-corrected chi connectivity index (χ2v) is 5.79. The second kappa shape index (κ2) is 8.24. The van der Waals surface area contributed by atoms with Crippen LogP contribution in [0.3, 0.4) is 0 Å². The lowest BCUT2D eigenvalue weighted by molar-refractivity contribution is -0.149. The number of rotatable bonds is 6. The van der Waals surface area contributed by atoms with Gasteiger partial charge in [-0.2, -0.15) is 0 Å². The topological polar surface area (TPSA) is 55.4 Å². The SMILES string of the molecule is O=C(CCl)NC(CC(=O)OC1CCCC1)c1ccc(F)cc1F. The molecule has 0 saturated heterocycles. The van der Waals surface area contributed by atoms with Crippen molar-refractivity contribution >= 4 is 23.5 Å². The van der Waals surface area contributed by atoms with Gasteiger partial charge in [-0.3, -0.25) is 9.59 Å². The third-order valence-electron chi connectivity index (χ3n) is 3.77. The van der Waals surface area contributed by atoms with Crippen LogP contribution in [0.15, 0.2) is 18.2 Å². The molecular weight excluding hydrogens is 328 g/mol. The van der Waals surface area contributed by atoms with Gasteiger partial charge in [-0.25, -0.2) is 8.78 Å². The van der Waals surface area contributed by atoms with Crippen LogP contribution in [0.2, 0.25) is 0 Å². The lowest BCUT2D eigenvalue weighted by Gasteiger charge is -2.20. The van der Waals surface area contributed by atoms with E-state index in [4.69, 9.17) is 16.3 Å². The predicted molar refractivity (Wildman–Crippen MR) is 80.9 cm³/mol. The zero-order chi connectivity index (χ0) is 16.8. The van der Waals surface area contributed by atoms with Crippen molar-refractivity contribution in [2.24, 2.45) is 0 Å². The Kier molecular flexibility index (Phi) is 6.33. The van der Waals surface area contributed by atoms with E-state index in [1.807, 2.05) is 0 Å². The summed E-state index contributed by atoms with van der Waals surface area (Å²) in [4.78, 5) is 23.5. The molecule has 1 aliphatic rings. The fraction of sp³-hybridized carbons (Fsp3) is 0.500. The second-order valence-electron chi connectivity index (χ2n) is 5.52. The lowest BCUT2D eigenvalue weighted by Crippen LogP contribution is -2.32. The van der Waals surface area contributed by atoms with Crippen molar-refractivity contribution < 1.29 is 23.1 Å². The Hall–Kier alpha value is -1.69. The Bertz CT molecular complexity index is 576. The van der Waals surface area contributed by atoms with E-state index in [9.17, 15) is 18.4 Å². The molecule has 1 aliphatic carbocycles. The van der Waals surface area contributed by atoms with Gasteiger partial charge in [0.25, 0.3) is 0 Å². The first-order valence-corrected chi connectivity index (χ1v) is 8.03. The van der Waals surface area contributed by atoms with Gasteiger partial charge in [-0.05, 0) is 31.7 Å². The molecule has 126 valence electrons. The molecule has 23 heavy (non-hydrogen) atoms. The molecule has 0 spiro atoms. The highest BCUT2D eigenvalue weighted by Crippen LogP contribution is 2.25. The smallest absolute Gasteiger partial charge is 0.308 e. The summed E-state index contributed by atoms with van der Waals surface area (Å²) in [6.07, 6.45) is 3.30. The molecule has 1 aromatic rings. The van der Waals surface area contributed by atoms with E-state index >= 15 is 0 Å². The number of amides is 1. The molecule has 1 N–H and O–H groups in total. The van der Waals surface area contributed by atoms with Crippen LogP contribution in [-0.2, 0) is 14.3 Å². The normalized spacial score (nSPS) is 16.1. The molecule has 1 unspecified atom stereocenters. The van der Waals surface area contributed by atoms with E-state index in [1.165, 1.54) is 6.07 Å². The van der Waals surface area contributed by atoms with Crippen LogP contribution in [0.4, 0.5) is 8.78 Å². The number of ether oxygens (including phenoxy) is 1. The first kappa shape index (κ1) is 17.7. The molecular formula is C16H18ClF2NO3. The van der Waals surface area contributed by atoms with Crippen molar-refractivity contribution in [3.8, 4) is 0 Å². The van der Waals surface area contributed by atoms with Gasteiger partial charge in [0.15, 0.2) is 0 Å². The third kappa shape index (κ3) is 5.16. The summed E-state index contributed by atoms with van der Waals surface area (Å²) < 4.78 is 32.3. The van der Waals surface area contributed by atoms with Gasteiger partial charge in [0.05, 0.1) is 12.5 Å². The minimum Gasteiger partial charge on any atom is -0.462 e. The zero-order valence-corrected chi connectivity index (χ0v) is 13.2. The monoisotopic (exact) mass is 345 g/mol. The summed E-state index contributed by atoms with van der Waals surface area (Å²) >= 11 is 5.44. The fourth-order valence-corrected chi connectivity index (χ4v) is 2.74. The van der Waals surface area contributed by atoms with Crippen LogP contribution in [-0.4, -0.2) is 23.9 Å². The maximum atomic E-state index is 13.9. The standard InChI is InChI=1S/C16H18ClF2NO3/c17-9-15(21)20-14(12-6-5-10(18)7-13(12)19)8-16(22)23-11-3-1-2-4-11/h5-7,11,14H,1-4,8-9H2,(H,20,21). The molecule has 0 radical (unpaired) electrons. The fourth-order valence-electron chi connectivity index (χ4n) is 2.66. The first-order chi connectivity index (χ1) is 11.0. The average Bonchev–Trinajstić information content (AvgIpc) is 2.99. The van der Waals surface area contributed by atoms with Crippen LogP contribution in [0.1, 0.15) is 43.7 Å². The van der Waals surface area contributed by atoms with Crippen molar-refractivity contribution in [1.29, 1.82) is 0 Å². The molecule has 1 aromatic carbocycles. The highest BCUT2D eigenvalue weighted by molar-refractivity contribution is 6.27. The zero-order valence-electron chi connectivity index (χ0n) is 12.5. The number of halogens is 3. The Morgan fingerprint density at radius 2 is 2.00 bits per heavy atom. The van der Waals surface area contributed by atoms with Crippen LogP contribution in [0, 0.1) is 11.6 Å². The molecule has 0 aliphatic heterocycles. The van der Waals surface area contributed by atoms with Crippen LogP contribution in [0.25, 0.3) is 0 Å². The van der Waals surface area contributed by atoms with Gasteiger partial charge >= 0.3 is 5.97 Å². The van der Waals surface area contributed by atoms with Gasteiger partial charge in [-0.15, -0.1) is 11.6 Å². The van der Waals surface area contributed by atoms with Gasteiger partial charge in [0.1, 0.15) is 23.6 Å². The van der Waals surface area contributed by atoms with E-state index in [1.54, 1.807) is 0 Å². The highest BCUT2D eigenvalue weighted by atomic mass is 35.5. The number of carbonyl (C=O) groups is 2. The molecule has 1 amide bonds. The largest absolute Gasteiger partial charge is 0.462 e. The molecule has 0 bridgehead atoms. The number of benzene rings is 1. The van der Waals surface area contributed by atoms with Crippen molar-refractivity contribution in [2.45, 2.75) is 44.2 Å². The summed E-state index contributed by atoms with van der Waals surface area (Å²) in [5, 5.41) is 2.46. The van der Waals surface area contributed by atoms with E-state index in [0.717, 1.165) is 31.7 Å². The van der Waals surface area contributed by atoms with E-state index in [-0.39, 0.29) is 24.0 Å². The molecule has 7 heteroatoms. The maximum Gasteiger partial charge on any atom is 0.308 e. The van der Waals surface area contributed by atoms with Crippen molar-refractivity contribution in [3.63, 3.8) is 0 Å². The molecule has 1 atom stereocenters. The molecule has 1 saturated carbocycles. The van der Waals surface area contributed by atoms with Crippen LogP contribution >= 0.6 is 11.6 Å². The number of carbonyl (C=O) groups excluding carboxylic acids is 2. The number of nitrogens with one attached hydrogen (secondary N) is 1. The minimum absolute atomic E-state index is 0.0215. The van der Waals surface area contributed by atoms with Crippen molar-refractivity contribution in [3.05, 3.63) is 35.4 Å². The van der Waals surface area contributed by atoms with Gasteiger partial charge in [0, 0.05) is 11.6 Å². The van der Waals surface area contributed by atoms with Gasteiger partial charge in [0.2, 0.25) is 5.91 Å². The molecule has 4 nitrogen and oxygen atoms in total. The summed E-state index contributed by atoms with van der Waals surface area (Å²) in [7, 11) is 0. The van der Waals surface area contributed by atoms with Crippen molar-refractivity contribution in [1.82, 2.24) is 5.32 Å².